The third kappa shape index (κ3) is 5.10. The first-order chi connectivity index (χ1) is 15.6. The molecule has 0 saturated heterocycles. The van der Waals surface area contributed by atoms with E-state index in [1.165, 1.54) is 24.3 Å². The zero-order valence-corrected chi connectivity index (χ0v) is 17.4. The van der Waals surface area contributed by atoms with Gasteiger partial charge in [-0.1, -0.05) is 18.2 Å². The molecule has 1 aliphatic rings. The lowest BCUT2D eigenvalue weighted by atomic mass is 10.2. The van der Waals surface area contributed by atoms with E-state index in [-0.39, 0.29) is 31.7 Å². The van der Waals surface area contributed by atoms with Gasteiger partial charge in [-0.15, -0.1) is 0 Å². The Hall–Kier alpha value is -4.20. The van der Waals surface area contributed by atoms with Crippen molar-refractivity contribution in [2.24, 2.45) is 0 Å². The highest BCUT2D eigenvalue weighted by molar-refractivity contribution is 5.98. The topological polar surface area (TPSA) is 90.2 Å². The molecule has 0 bridgehead atoms. The van der Waals surface area contributed by atoms with E-state index in [0.717, 1.165) is 5.56 Å². The fourth-order valence-corrected chi connectivity index (χ4v) is 3.20. The largest absolute Gasteiger partial charge is 0.495 e. The van der Waals surface area contributed by atoms with Gasteiger partial charge in [-0.05, 0) is 48.0 Å². The molecule has 1 aliphatic heterocycles. The number of ether oxygens (including phenoxy) is 3. The second kappa shape index (κ2) is 9.74. The summed E-state index contributed by atoms with van der Waals surface area (Å²) >= 11 is 0. The van der Waals surface area contributed by atoms with Crippen LogP contribution in [0.1, 0.15) is 11.3 Å². The van der Waals surface area contributed by atoms with Crippen LogP contribution in [0.2, 0.25) is 0 Å². The average molecular weight is 434 g/mol. The number of furan rings is 1. The van der Waals surface area contributed by atoms with E-state index in [2.05, 4.69) is 5.32 Å². The Morgan fingerprint density at radius 1 is 1.09 bits per heavy atom. The van der Waals surface area contributed by atoms with Gasteiger partial charge in [-0.2, -0.15) is 0 Å². The number of methoxy groups -OCH3 is 1. The molecule has 32 heavy (non-hydrogen) atoms. The van der Waals surface area contributed by atoms with Gasteiger partial charge in [0.15, 0.2) is 11.5 Å². The normalized spacial score (nSPS) is 12.0. The van der Waals surface area contributed by atoms with E-state index < -0.39 is 0 Å². The van der Waals surface area contributed by atoms with Crippen molar-refractivity contribution in [2.75, 3.05) is 25.8 Å². The van der Waals surface area contributed by atoms with Gasteiger partial charge in [-0.25, -0.2) is 0 Å². The van der Waals surface area contributed by atoms with E-state index in [1.54, 1.807) is 48.5 Å². The Balaban J connectivity index is 1.47. The maximum atomic E-state index is 12.9. The number of hydrogen-bond acceptors (Lipinski definition) is 6. The van der Waals surface area contributed by atoms with Gasteiger partial charge >= 0.3 is 0 Å². The van der Waals surface area contributed by atoms with E-state index in [1.807, 2.05) is 12.1 Å². The summed E-state index contributed by atoms with van der Waals surface area (Å²) < 4.78 is 21.3. The Bertz CT molecular complexity index is 1120. The SMILES string of the molecule is COc1ccccc1NC(=O)CN(Cc1ccco1)C(=O)C=Cc1ccc2c(c1)OCO2. The van der Waals surface area contributed by atoms with Crippen LogP contribution in [0.3, 0.4) is 0 Å². The number of anilines is 1. The molecule has 2 heterocycles. The number of rotatable bonds is 8. The van der Waals surface area contributed by atoms with E-state index >= 15 is 0 Å². The van der Waals surface area contributed by atoms with Crippen LogP contribution in [0.15, 0.2) is 71.4 Å². The zero-order chi connectivity index (χ0) is 22.3. The Morgan fingerprint density at radius 3 is 2.75 bits per heavy atom. The highest BCUT2D eigenvalue weighted by Gasteiger charge is 2.18. The number of para-hydroxylation sites is 2. The zero-order valence-electron chi connectivity index (χ0n) is 17.4. The van der Waals surface area contributed by atoms with Gasteiger partial charge in [0.2, 0.25) is 18.6 Å². The minimum absolute atomic E-state index is 0.149. The smallest absolute Gasteiger partial charge is 0.247 e. The van der Waals surface area contributed by atoms with Crippen molar-refractivity contribution < 1.29 is 28.2 Å². The number of nitrogens with one attached hydrogen (secondary N) is 1. The monoisotopic (exact) mass is 434 g/mol. The number of fused-ring (bicyclic) bond motifs is 1. The molecule has 1 aromatic heterocycles. The fourth-order valence-electron chi connectivity index (χ4n) is 3.20. The Kier molecular flexibility index (Phi) is 6.41. The number of carbonyl (C=O) groups is 2. The molecular weight excluding hydrogens is 412 g/mol. The first-order valence-corrected chi connectivity index (χ1v) is 9.94. The minimum Gasteiger partial charge on any atom is -0.495 e. The van der Waals surface area contributed by atoms with Gasteiger partial charge in [-0.3, -0.25) is 9.59 Å². The number of carbonyl (C=O) groups excluding carboxylic acids is 2. The van der Waals surface area contributed by atoms with Crippen molar-refractivity contribution in [3.8, 4) is 17.2 Å². The third-order valence-corrected chi connectivity index (χ3v) is 4.77. The molecule has 0 unspecified atom stereocenters. The average Bonchev–Trinajstić information content (AvgIpc) is 3.49. The molecule has 8 heteroatoms. The van der Waals surface area contributed by atoms with Crippen molar-refractivity contribution in [2.45, 2.75) is 6.54 Å². The summed E-state index contributed by atoms with van der Waals surface area (Å²) in [5, 5.41) is 2.79. The number of nitrogens with zero attached hydrogens (tertiary/aromatic N) is 1. The van der Waals surface area contributed by atoms with E-state index in [0.29, 0.717) is 28.7 Å². The Morgan fingerprint density at radius 2 is 1.94 bits per heavy atom. The quantitative estimate of drug-likeness (QED) is 0.544. The van der Waals surface area contributed by atoms with Crippen LogP contribution in [0.25, 0.3) is 6.08 Å². The molecule has 8 nitrogen and oxygen atoms in total. The minimum atomic E-state index is -0.356. The number of hydrogen-bond donors (Lipinski definition) is 1. The predicted molar refractivity (Wildman–Crippen MR) is 117 cm³/mol. The molecule has 164 valence electrons. The van der Waals surface area contributed by atoms with Crippen LogP contribution in [-0.2, 0) is 16.1 Å². The van der Waals surface area contributed by atoms with Crippen molar-refractivity contribution in [1.29, 1.82) is 0 Å². The van der Waals surface area contributed by atoms with Gasteiger partial charge < -0.3 is 28.8 Å². The van der Waals surface area contributed by atoms with Gasteiger partial charge in [0.1, 0.15) is 18.1 Å². The lowest BCUT2D eigenvalue weighted by molar-refractivity contribution is -0.131. The van der Waals surface area contributed by atoms with Crippen molar-refractivity contribution in [3.63, 3.8) is 0 Å². The Labute approximate surface area is 185 Å². The molecule has 3 aromatic rings. The fraction of sp³-hybridized carbons (Fsp3) is 0.167. The molecule has 2 aromatic carbocycles. The van der Waals surface area contributed by atoms with Gasteiger partial charge in [0.25, 0.3) is 0 Å². The highest BCUT2D eigenvalue weighted by atomic mass is 16.7. The summed E-state index contributed by atoms with van der Waals surface area (Å²) in [5.41, 5.74) is 1.31. The molecule has 0 radical (unpaired) electrons. The lowest BCUT2D eigenvalue weighted by Gasteiger charge is -2.20. The molecule has 0 saturated carbocycles. The summed E-state index contributed by atoms with van der Waals surface area (Å²) in [7, 11) is 1.53. The third-order valence-electron chi connectivity index (χ3n) is 4.77. The molecule has 1 N–H and O–H groups in total. The van der Waals surface area contributed by atoms with Crippen molar-refractivity contribution >= 4 is 23.6 Å². The second-order valence-corrected chi connectivity index (χ2v) is 6.97. The summed E-state index contributed by atoms with van der Waals surface area (Å²) in [4.78, 5) is 27.0. The molecule has 0 atom stereocenters. The lowest BCUT2D eigenvalue weighted by Crippen LogP contribution is -2.36. The summed E-state index contributed by atoms with van der Waals surface area (Å²) in [6, 6.07) is 16.0. The summed E-state index contributed by atoms with van der Waals surface area (Å²) in [5.74, 6) is 1.71. The molecule has 0 fully saturated rings. The van der Waals surface area contributed by atoms with Crippen LogP contribution in [0.4, 0.5) is 5.69 Å². The molecule has 0 spiro atoms. The molecule has 0 aliphatic carbocycles. The summed E-state index contributed by atoms with van der Waals surface area (Å²) in [6.45, 7) is 0.166. The van der Waals surface area contributed by atoms with E-state index in [9.17, 15) is 9.59 Å². The molecular formula is C24H22N2O6. The number of benzene rings is 2. The van der Waals surface area contributed by atoms with Crippen LogP contribution in [0.5, 0.6) is 17.2 Å². The highest BCUT2D eigenvalue weighted by Crippen LogP contribution is 2.32. The predicted octanol–water partition coefficient (Wildman–Crippen LogP) is 3.70. The first-order valence-electron chi connectivity index (χ1n) is 9.94. The number of amides is 2. The summed E-state index contributed by atoms with van der Waals surface area (Å²) in [6.07, 6.45) is 4.60. The van der Waals surface area contributed by atoms with Crippen LogP contribution in [0, 0.1) is 0 Å². The van der Waals surface area contributed by atoms with Gasteiger partial charge in [0, 0.05) is 6.08 Å². The van der Waals surface area contributed by atoms with Crippen LogP contribution >= 0.6 is 0 Å². The maximum Gasteiger partial charge on any atom is 0.247 e. The standard InChI is InChI=1S/C24H22N2O6/c1-29-20-7-3-2-6-19(20)25-23(27)15-26(14-18-5-4-12-30-18)24(28)11-9-17-8-10-21-22(13-17)32-16-31-21/h2-13H,14-16H2,1H3,(H,25,27). The first kappa shape index (κ1) is 21.0. The van der Waals surface area contributed by atoms with Crippen molar-refractivity contribution in [3.05, 3.63) is 78.3 Å². The van der Waals surface area contributed by atoms with Crippen LogP contribution < -0.4 is 19.5 Å². The van der Waals surface area contributed by atoms with Crippen LogP contribution in [-0.4, -0.2) is 37.2 Å². The second-order valence-electron chi connectivity index (χ2n) is 6.97. The molecule has 2 amide bonds. The maximum absolute atomic E-state index is 12.9. The van der Waals surface area contributed by atoms with Crippen molar-refractivity contribution in [1.82, 2.24) is 4.90 Å². The molecule has 4 rings (SSSR count). The van der Waals surface area contributed by atoms with E-state index in [4.69, 9.17) is 18.6 Å². The van der Waals surface area contributed by atoms with Gasteiger partial charge in [0.05, 0.1) is 25.6 Å².